The van der Waals surface area contributed by atoms with Gasteiger partial charge in [0.05, 0.1) is 10.5 Å². The van der Waals surface area contributed by atoms with Gasteiger partial charge in [0.1, 0.15) is 0 Å². The molecule has 8 nitrogen and oxygen atoms in total. The molecule has 0 atom stereocenters. The zero-order chi connectivity index (χ0) is 12.5. The summed E-state index contributed by atoms with van der Waals surface area (Å²) in [5, 5.41) is 23.8. The Bertz CT molecular complexity index is 564. The van der Waals surface area contributed by atoms with Crippen LogP contribution in [0.3, 0.4) is 0 Å². The van der Waals surface area contributed by atoms with Crippen LogP contribution in [-0.4, -0.2) is 24.4 Å². The molecule has 0 fully saturated rings. The van der Waals surface area contributed by atoms with Crippen LogP contribution < -0.4 is 5.14 Å². The van der Waals surface area contributed by atoms with Gasteiger partial charge in [0.2, 0.25) is 10.0 Å². The second-order valence-electron chi connectivity index (χ2n) is 2.79. The molecule has 0 heterocycles. The zero-order valence-corrected chi connectivity index (χ0v) is 8.47. The highest BCUT2D eigenvalue weighted by molar-refractivity contribution is 7.89. The van der Waals surface area contributed by atoms with Crippen LogP contribution in [0.15, 0.2) is 23.1 Å². The van der Waals surface area contributed by atoms with Gasteiger partial charge in [-0.3, -0.25) is 10.1 Å². The number of benzene rings is 1. The van der Waals surface area contributed by atoms with Crippen molar-refractivity contribution in [3.63, 3.8) is 0 Å². The van der Waals surface area contributed by atoms with E-state index in [1.54, 1.807) is 0 Å². The molecule has 1 rings (SSSR count). The van der Waals surface area contributed by atoms with Gasteiger partial charge in [-0.15, -0.1) is 0 Å². The van der Waals surface area contributed by atoms with Crippen LogP contribution in [0.25, 0.3) is 0 Å². The van der Waals surface area contributed by atoms with Crippen molar-refractivity contribution in [3.8, 4) is 0 Å². The molecule has 0 amide bonds. The Kier molecular flexibility index (Phi) is 2.92. The minimum Gasteiger partial charge on any atom is -0.478 e. The Morgan fingerprint density at radius 2 is 2.00 bits per heavy atom. The number of carbonyl (C=O) groups is 1. The van der Waals surface area contributed by atoms with E-state index < -0.39 is 37.1 Å². The van der Waals surface area contributed by atoms with Crippen molar-refractivity contribution in [3.05, 3.63) is 33.9 Å². The summed E-state index contributed by atoms with van der Waals surface area (Å²) in [5.41, 5.74) is -1.15. The summed E-state index contributed by atoms with van der Waals surface area (Å²) < 4.78 is 22.0. The van der Waals surface area contributed by atoms with Crippen LogP contribution in [0.2, 0.25) is 0 Å². The van der Waals surface area contributed by atoms with E-state index in [2.05, 4.69) is 0 Å². The molecule has 0 bridgehead atoms. The lowest BCUT2D eigenvalue weighted by Gasteiger charge is -2.01. The summed E-state index contributed by atoms with van der Waals surface area (Å²) in [6.45, 7) is 0. The second kappa shape index (κ2) is 3.87. The number of carboxylic acid groups (broad SMARTS) is 1. The van der Waals surface area contributed by atoms with Crippen LogP contribution in [0.5, 0.6) is 0 Å². The van der Waals surface area contributed by atoms with Crippen molar-refractivity contribution < 1.29 is 23.2 Å². The van der Waals surface area contributed by atoms with Gasteiger partial charge in [0.25, 0.3) is 5.69 Å². The second-order valence-corrected chi connectivity index (χ2v) is 4.32. The number of rotatable bonds is 3. The Morgan fingerprint density at radius 1 is 1.44 bits per heavy atom. The van der Waals surface area contributed by atoms with E-state index in [1.165, 1.54) is 0 Å². The molecule has 0 spiro atoms. The Balaban J connectivity index is 3.58. The minimum atomic E-state index is -4.34. The fourth-order valence-corrected chi connectivity index (χ4v) is 1.75. The molecule has 9 heteroatoms. The minimum absolute atomic E-state index is 0.394. The predicted octanol–water partition coefficient (Wildman–Crippen LogP) is -0.0596. The van der Waals surface area contributed by atoms with Crippen LogP contribution in [0.1, 0.15) is 10.4 Å². The largest absolute Gasteiger partial charge is 0.478 e. The fraction of sp³-hybridized carbons (Fsp3) is 0. The number of nitro groups is 1. The van der Waals surface area contributed by atoms with E-state index in [0.717, 1.165) is 12.1 Å². The molecular formula is C7H6N2O6S. The molecule has 1 aromatic carbocycles. The molecule has 0 saturated carbocycles. The number of nitrogens with two attached hydrogens (primary N) is 1. The number of sulfonamides is 1. The van der Waals surface area contributed by atoms with Gasteiger partial charge in [-0.1, -0.05) is 0 Å². The molecule has 0 aliphatic heterocycles. The van der Waals surface area contributed by atoms with Crippen molar-refractivity contribution in [2.75, 3.05) is 0 Å². The van der Waals surface area contributed by atoms with Crippen molar-refractivity contribution >= 4 is 21.7 Å². The lowest BCUT2D eigenvalue weighted by Crippen LogP contribution is -2.15. The number of aromatic carboxylic acids is 1. The average molecular weight is 246 g/mol. The smallest absolute Gasteiger partial charge is 0.335 e. The summed E-state index contributed by atoms with van der Waals surface area (Å²) >= 11 is 0. The molecule has 0 aromatic heterocycles. The molecule has 0 aliphatic carbocycles. The highest BCUT2D eigenvalue weighted by Gasteiger charge is 2.24. The SMILES string of the molecule is NS(=O)(=O)c1cc(C(=O)O)ccc1[N+](=O)[O-]. The van der Waals surface area contributed by atoms with E-state index in [-0.39, 0.29) is 0 Å². The van der Waals surface area contributed by atoms with Crippen LogP contribution >= 0.6 is 0 Å². The maximum absolute atomic E-state index is 11.0. The standard InChI is InChI=1S/C7H6N2O6S/c8-16(14,15)6-3-4(7(10)11)1-2-5(6)9(12)13/h1-3H,(H,10,11)(H2,8,14,15). The van der Waals surface area contributed by atoms with E-state index in [4.69, 9.17) is 10.2 Å². The van der Waals surface area contributed by atoms with Crippen molar-refractivity contribution in [1.29, 1.82) is 0 Å². The third-order valence-corrected chi connectivity index (χ3v) is 2.65. The summed E-state index contributed by atoms with van der Waals surface area (Å²) in [6.07, 6.45) is 0. The lowest BCUT2D eigenvalue weighted by atomic mass is 10.2. The average Bonchev–Trinajstić information content (AvgIpc) is 2.15. The molecule has 0 saturated heterocycles. The highest BCUT2D eigenvalue weighted by atomic mass is 32.2. The number of carboxylic acids is 1. The fourth-order valence-electron chi connectivity index (χ4n) is 1.03. The molecule has 1 aromatic rings. The monoisotopic (exact) mass is 246 g/mol. The van der Waals surface area contributed by atoms with E-state index in [0.29, 0.717) is 6.07 Å². The molecule has 3 N–H and O–H groups in total. The summed E-state index contributed by atoms with van der Waals surface area (Å²) in [7, 11) is -4.34. The first-order valence-electron chi connectivity index (χ1n) is 3.78. The Labute approximate surface area is 89.5 Å². The van der Waals surface area contributed by atoms with Crippen molar-refractivity contribution in [1.82, 2.24) is 0 Å². The van der Waals surface area contributed by atoms with Gasteiger partial charge in [0, 0.05) is 6.07 Å². The number of hydrogen-bond acceptors (Lipinski definition) is 5. The van der Waals surface area contributed by atoms with Gasteiger partial charge in [-0.05, 0) is 12.1 Å². The summed E-state index contributed by atoms with van der Waals surface area (Å²) in [4.78, 5) is 19.3. The van der Waals surface area contributed by atoms with Crippen molar-refractivity contribution in [2.45, 2.75) is 4.90 Å². The van der Waals surface area contributed by atoms with Crippen LogP contribution in [-0.2, 0) is 10.0 Å². The molecule has 86 valence electrons. The van der Waals surface area contributed by atoms with Gasteiger partial charge in [-0.2, -0.15) is 0 Å². The maximum atomic E-state index is 11.0. The first-order valence-corrected chi connectivity index (χ1v) is 5.32. The molecule has 16 heavy (non-hydrogen) atoms. The normalized spacial score (nSPS) is 11.1. The molecule has 0 aliphatic rings. The third kappa shape index (κ3) is 2.32. The molecular weight excluding hydrogens is 240 g/mol. The third-order valence-electron chi connectivity index (χ3n) is 1.71. The highest BCUT2D eigenvalue weighted by Crippen LogP contribution is 2.23. The molecule has 0 radical (unpaired) electrons. The Morgan fingerprint density at radius 3 is 2.38 bits per heavy atom. The van der Waals surface area contributed by atoms with E-state index >= 15 is 0 Å². The summed E-state index contributed by atoms with van der Waals surface area (Å²) in [5.74, 6) is -1.40. The van der Waals surface area contributed by atoms with Crippen LogP contribution in [0, 0.1) is 10.1 Å². The van der Waals surface area contributed by atoms with Gasteiger partial charge < -0.3 is 5.11 Å². The predicted molar refractivity (Wildman–Crippen MR) is 51.4 cm³/mol. The van der Waals surface area contributed by atoms with E-state index in [1.807, 2.05) is 0 Å². The first kappa shape index (κ1) is 12.1. The number of primary sulfonamides is 1. The number of nitro benzene ring substituents is 1. The van der Waals surface area contributed by atoms with Gasteiger partial charge >= 0.3 is 5.97 Å². The topological polar surface area (TPSA) is 141 Å². The zero-order valence-electron chi connectivity index (χ0n) is 7.65. The lowest BCUT2D eigenvalue weighted by molar-refractivity contribution is -0.387. The number of nitrogens with zero attached hydrogens (tertiary/aromatic N) is 1. The van der Waals surface area contributed by atoms with Crippen LogP contribution in [0.4, 0.5) is 5.69 Å². The number of hydrogen-bond donors (Lipinski definition) is 2. The molecule has 0 unspecified atom stereocenters. The maximum Gasteiger partial charge on any atom is 0.335 e. The first-order chi connectivity index (χ1) is 7.23. The quantitative estimate of drug-likeness (QED) is 0.565. The van der Waals surface area contributed by atoms with Crippen molar-refractivity contribution in [2.24, 2.45) is 5.14 Å². The summed E-state index contributed by atoms with van der Waals surface area (Å²) in [6, 6.07) is 2.36. The van der Waals surface area contributed by atoms with Gasteiger partial charge in [-0.25, -0.2) is 18.4 Å². The van der Waals surface area contributed by atoms with E-state index in [9.17, 15) is 23.3 Å². The Hall–Kier alpha value is -2.00. The van der Waals surface area contributed by atoms with Gasteiger partial charge in [0.15, 0.2) is 4.90 Å².